The maximum Gasteiger partial charge on any atom is 0.416 e. The standard InChI is InChI=1S/C26H19F3N2O3S/c27-26(28,29)17-10-11-21-18(13-17)30-25(33)22(35-21)14-23(32)31-24(15-6-2-1-3-7-15)20-12-16-8-4-5-9-19(16)34-20/h1-13,22,24H,14H2,(H,30,33)(H,31,32). The van der Waals surface area contributed by atoms with Gasteiger partial charge in [-0.15, -0.1) is 11.8 Å². The van der Waals surface area contributed by atoms with Gasteiger partial charge in [0.05, 0.1) is 16.5 Å². The van der Waals surface area contributed by atoms with Crippen LogP contribution in [0.15, 0.2) is 88.2 Å². The number of fused-ring (bicyclic) bond motifs is 2. The summed E-state index contributed by atoms with van der Waals surface area (Å²) >= 11 is 1.07. The van der Waals surface area contributed by atoms with Crippen LogP contribution in [0.4, 0.5) is 18.9 Å². The molecular formula is C26H19F3N2O3S. The van der Waals surface area contributed by atoms with Gasteiger partial charge in [0.1, 0.15) is 17.4 Å². The minimum Gasteiger partial charge on any atom is -0.459 e. The number of hydrogen-bond acceptors (Lipinski definition) is 4. The fraction of sp³-hybridized carbons (Fsp3) is 0.154. The van der Waals surface area contributed by atoms with Crippen LogP contribution in [0.5, 0.6) is 0 Å². The molecule has 0 bridgehead atoms. The van der Waals surface area contributed by atoms with Crippen molar-refractivity contribution in [3.8, 4) is 0 Å². The van der Waals surface area contributed by atoms with Crippen molar-refractivity contribution in [1.29, 1.82) is 0 Å². The summed E-state index contributed by atoms with van der Waals surface area (Å²) < 4.78 is 45.0. The van der Waals surface area contributed by atoms with Crippen molar-refractivity contribution in [1.82, 2.24) is 5.32 Å². The van der Waals surface area contributed by atoms with Crippen molar-refractivity contribution in [3.05, 3.63) is 95.7 Å². The SMILES string of the molecule is O=C(CC1Sc2ccc(C(F)(F)F)cc2NC1=O)NC(c1ccccc1)c1cc2ccccc2o1. The third kappa shape index (κ3) is 4.90. The Balaban J connectivity index is 1.35. The van der Waals surface area contributed by atoms with Crippen molar-refractivity contribution >= 4 is 40.2 Å². The number of para-hydroxylation sites is 1. The monoisotopic (exact) mass is 496 g/mol. The van der Waals surface area contributed by atoms with Crippen LogP contribution in [-0.4, -0.2) is 17.1 Å². The lowest BCUT2D eigenvalue weighted by atomic mass is 10.0. The summed E-state index contributed by atoms with van der Waals surface area (Å²) in [7, 11) is 0. The van der Waals surface area contributed by atoms with Gasteiger partial charge in [0, 0.05) is 16.7 Å². The fourth-order valence-corrected chi connectivity index (χ4v) is 5.05. The van der Waals surface area contributed by atoms with Crippen LogP contribution in [0.1, 0.15) is 29.3 Å². The minimum atomic E-state index is -4.51. The van der Waals surface area contributed by atoms with E-state index >= 15 is 0 Å². The number of benzene rings is 3. The number of amides is 2. The van der Waals surface area contributed by atoms with Gasteiger partial charge in [-0.2, -0.15) is 13.2 Å². The lowest BCUT2D eigenvalue weighted by Crippen LogP contribution is -2.36. The number of furan rings is 1. The highest BCUT2D eigenvalue weighted by Crippen LogP contribution is 2.40. The van der Waals surface area contributed by atoms with E-state index in [2.05, 4.69) is 10.6 Å². The zero-order chi connectivity index (χ0) is 24.6. The fourth-order valence-electron chi connectivity index (χ4n) is 3.96. The zero-order valence-corrected chi connectivity index (χ0v) is 19.0. The first-order valence-electron chi connectivity index (χ1n) is 10.8. The van der Waals surface area contributed by atoms with Gasteiger partial charge in [0.15, 0.2) is 0 Å². The molecular weight excluding hydrogens is 477 g/mol. The molecule has 0 saturated heterocycles. The number of rotatable bonds is 5. The van der Waals surface area contributed by atoms with E-state index in [1.54, 1.807) is 0 Å². The van der Waals surface area contributed by atoms with Crippen molar-refractivity contribution in [2.75, 3.05) is 5.32 Å². The molecule has 5 rings (SSSR count). The smallest absolute Gasteiger partial charge is 0.416 e. The molecule has 2 amide bonds. The van der Waals surface area contributed by atoms with Crippen molar-refractivity contribution in [3.63, 3.8) is 0 Å². The lowest BCUT2D eigenvalue weighted by molar-refractivity contribution is -0.137. The first-order valence-corrected chi connectivity index (χ1v) is 11.7. The molecule has 2 heterocycles. The lowest BCUT2D eigenvalue weighted by Gasteiger charge is -2.25. The summed E-state index contributed by atoms with van der Waals surface area (Å²) in [6.45, 7) is 0. The van der Waals surface area contributed by atoms with Gasteiger partial charge in [-0.05, 0) is 35.9 Å². The number of carbonyl (C=O) groups excluding carboxylic acids is 2. The molecule has 1 aromatic heterocycles. The highest BCUT2D eigenvalue weighted by Gasteiger charge is 2.34. The highest BCUT2D eigenvalue weighted by molar-refractivity contribution is 8.01. The van der Waals surface area contributed by atoms with Gasteiger partial charge < -0.3 is 15.1 Å². The normalized spacial score (nSPS) is 16.4. The van der Waals surface area contributed by atoms with E-state index in [9.17, 15) is 22.8 Å². The molecule has 2 N–H and O–H groups in total. The average Bonchev–Trinajstić information content (AvgIpc) is 3.26. The largest absolute Gasteiger partial charge is 0.459 e. The molecule has 0 saturated carbocycles. The maximum atomic E-state index is 13.0. The molecule has 0 spiro atoms. The quantitative estimate of drug-likeness (QED) is 0.347. The third-order valence-corrected chi connectivity index (χ3v) is 6.94. The second kappa shape index (κ2) is 9.14. The molecule has 1 aliphatic heterocycles. The summed E-state index contributed by atoms with van der Waals surface area (Å²) in [6.07, 6.45) is -4.66. The van der Waals surface area contributed by atoms with Crippen LogP contribution in [0.2, 0.25) is 0 Å². The minimum absolute atomic E-state index is 0.0934. The summed E-state index contributed by atoms with van der Waals surface area (Å²) in [6, 6.07) is 21.3. The molecule has 1 aliphatic rings. The van der Waals surface area contributed by atoms with E-state index < -0.39 is 28.9 Å². The number of carbonyl (C=O) groups is 2. The van der Waals surface area contributed by atoms with Crippen LogP contribution in [0.25, 0.3) is 11.0 Å². The average molecular weight is 497 g/mol. The Morgan fingerprint density at radius 2 is 1.77 bits per heavy atom. The Morgan fingerprint density at radius 3 is 2.51 bits per heavy atom. The molecule has 0 aliphatic carbocycles. The number of hydrogen-bond donors (Lipinski definition) is 2. The van der Waals surface area contributed by atoms with Gasteiger partial charge in [0.25, 0.3) is 0 Å². The van der Waals surface area contributed by atoms with Crippen LogP contribution in [0, 0.1) is 0 Å². The number of thioether (sulfide) groups is 1. The van der Waals surface area contributed by atoms with Crippen LogP contribution in [0.3, 0.4) is 0 Å². The van der Waals surface area contributed by atoms with Crippen molar-refractivity contribution < 1.29 is 27.2 Å². The summed E-state index contributed by atoms with van der Waals surface area (Å²) in [5.41, 5.74) is 0.751. The zero-order valence-electron chi connectivity index (χ0n) is 18.1. The predicted molar refractivity (Wildman–Crippen MR) is 127 cm³/mol. The van der Waals surface area contributed by atoms with Crippen molar-refractivity contribution in [2.24, 2.45) is 0 Å². The van der Waals surface area contributed by atoms with Gasteiger partial charge in [-0.1, -0.05) is 48.5 Å². The Bertz CT molecular complexity index is 1370. The molecule has 9 heteroatoms. The summed E-state index contributed by atoms with van der Waals surface area (Å²) in [5.74, 6) is -0.351. The Kier molecular flexibility index (Phi) is 6.02. The second-order valence-electron chi connectivity index (χ2n) is 8.11. The highest BCUT2D eigenvalue weighted by atomic mass is 32.2. The van der Waals surface area contributed by atoms with Crippen LogP contribution < -0.4 is 10.6 Å². The third-order valence-electron chi connectivity index (χ3n) is 5.66. The number of halogens is 3. The molecule has 0 fully saturated rings. The first kappa shape index (κ1) is 23.0. The Labute approximate surface area is 202 Å². The van der Waals surface area contributed by atoms with Gasteiger partial charge in [-0.3, -0.25) is 9.59 Å². The van der Waals surface area contributed by atoms with E-state index in [1.807, 2.05) is 60.7 Å². The molecule has 2 unspecified atom stereocenters. The number of anilines is 1. The molecule has 5 nitrogen and oxygen atoms in total. The Morgan fingerprint density at radius 1 is 1.03 bits per heavy atom. The van der Waals surface area contributed by atoms with E-state index in [1.165, 1.54) is 6.07 Å². The molecule has 3 aromatic carbocycles. The van der Waals surface area contributed by atoms with E-state index in [0.717, 1.165) is 34.8 Å². The first-order chi connectivity index (χ1) is 16.8. The van der Waals surface area contributed by atoms with E-state index in [0.29, 0.717) is 16.2 Å². The number of nitrogens with one attached hydrogen (secondary N) is 2. The van der Waals surface area contributed by atoms with Gasteiger partial charge in [0.2, 0.25) is 11.8 Å². The van der Waals surface area contributed by atoms with Gasteiger partial charge in [-0.25, -0.2) is 0 Å². The van der Waals surface area contributed by atoms with Crippen molar-refractivity contribution in [2.45, 2.75) is 28.8 Å². The number of alkyl halides is 3. The molecule has 178 valence electrons. The predicted octanol–water partition coefficient (Wildman–Crippen LogP) is 6.16. The maximum absolute atomic E-state index is 13.0. The van der Waals surface area contributed by atoms with Crippen LogP contribution in [-0.2, 0) is 15.8 Å². The van der Waals surface area contributed by atoms with Gasteiger partial charge >= 0.3 is 6.18 Å². The molecule has 35 heavy (non-hydrogen) atoms. The molecule has 4 aromatic rings. The van der Waals surface area contributed by atoms with Crippen LogP contribution >= 0.6 is 11.8 Å². The Hall–Kier alpha value is -3.72. The topological polar surface area (TPSA) is 71.3 Å². The second-order valence-corrected chi connectivity index (χ2v) is 9.35. The molecule has 0 radical (unpaired) electrons. The summed E-state index contributed by atoms with van der Waals surface area (Å²) in [5, 5.41) is 5.57. The molecule has 2 atom stereocenters. The van der Waals surface area contributed by atoms with E-state index in [-0.39, 0.29) is 18.0 Å². The van der Waals surface area contributed by atoms with E-state index in [4.69, 9.17) is 4.42 Å². The summed E-state index contributed by atoms with van der Waals surface area (Å²) in [4.78, 5) is 26.1.